The number of benzene rings is 4. The molecule has 1 heterocycles. The monoisotopic (exact) mass is 421 g/mol. The summed E-state index contributed by atoms with van der Waals surface area (Å²) in [6, 6.07) is 27.2. The van der Waals surface area contributed by atoms with Crippen LogP contribution >= 0.6 is 0 Å². The molecule has 0 atom stereocenters. The average Bonchev–Trinajstić information content (AvgIpc) is 2.79. The maximum atomic E-state index is 12.1. The zero-order valence-corrected chi connectivity index (χ0v) is 17.2. The standard InChI is InChI=1S/C25H19N5O2/c1-16-26-24(28-21-14-6-10-17-8-2-4-12-19(17)21)23(30(31)32)25(27-16)29-22-15-7-11-18-9-3-5-13-20(18)22/h2-15H,1H3,(H2,26,27,28,29). The highest BCUT2D eigenvalue weighted by Crippen LogP contribution is 2.36. The van der Waals surface area contributed by atoms with Gasteiger partial charge in [-0.1, -0.05) is 72.8 Å². The number of anilines is 4. The molecule has 0 aliphatic carbocycles. The summed E-state index contributed by atoms with van der Waals surface area (Å²) in [5.74, 6) is 0.698. The van der Waals surface area contributed by atoms with Gasteiger partial charge < -0.3 is 10.6 Å². The summed E-state index contributed by atoms with van der Waals surface area (Å²) in [4.78, 5) is 20.4. The lowest BCUT2D eigenvalue weighted by molar-refractivity contribution is -0.383. The van der Waals surface area contributed by atoms with Gasteiger partial charge in [-0.3, -0.25) is 10.1 Å². The fraction of sp³-hybridized carbons (Fsp3) is 0.0400. The van der Waals surface area contributed by atoms with E-state index >= 15 is 0 Å². The van der Waals surface area contributed by atoms with Crippen LogP contribution in [-0.4, -0.2) is 14.9 Å². The number of rotatable bonds is 5. The number of hydrogen-bond donors (Lipinski definition) is 2. The predicted octanol–water partition coefficient (Wildman–Crippen LogP) is 6.49. The molecule has 0 amide bonds. The Morgan fingerprint density at radius 3 is 1.59 bits per heavy atom. The van der Waals surface area contributed by atoms with E-state index in [2.05, 4.69) is 20.6 Å². The van der Waals surface area contributed by atoms with Crippen molar-refractivity contribution in [2.45, 2.75) is 6.92 Å². The van der Waals surface area contributed by atoms with Crippen LogP contribution in [-0.2, 0) is 0 Å². The molecule has 5 aromatic rings. The lowest BCUT2D eigenvalue weighted by atomic mass is 10.1. The van der Waals surface area contributed by atoms with Crippen molar-refractivity contribution < 1.29 is 4.92 Å². The second kappa shape index (κ2) is 7.96. The molecule has 0 fully saturated rings. The molecular formula is C25H19N5O2. The molecule has 5 rings (SSSR count). The van der Waals surface area contributed by atoms with Crippen molar-refractivity contribution in [3.8, 4) is 0 Å². The first kappa shape index (κ1) is 19.4. The van der Waals surface area contributed by atoms with Gasteiger partial charge in [0.05, 0.1) is 4.92 Å². The zero-order chi connectivity index (χ0) is 22.1. The SMILES string of the molecule is Cc1nc(Nc2cccc3ccccc23)c([N+](=O)[O-])c(Nc2cccc3ccccc23)n1. The molecule has 0 radical (unpaired) electrons. The Bertz CT molecular complexity index is 1370. The number of fused-ring (bicyclic) bond motifs is 2. The van der Waals surface area contributed by atoms with Gasteiger partial charge in [-0.15, -0.1) is 0 Å². The van der Waals surface area contributed by atoms with Gasteiger partial charge >= 0.3 is 5.69 Å². The molecule has 0 spiro atoms. The highest BCUT2D eigenvalue weighted by molar-refractivity contribution is 5.98. The van der Waals surface area contributed by atoms with E-state index in [1.165, 1.54) is 0 Å². The van der Waals surface area contributed by atoms with Gasteiger partial charge in [-0.05, 0) is 29.8 Å². The molecule has 0 unspecified atom stereocenters. The van der Waals surface area contributed by atoms with Gasteiger partial charge in [0, 0.05) is 22.1 Å². The summed E-state index contributed by atoms with van der Waals surface area (Å²) in [6.07, 6.45) is 0. The number of nitrogens with zero attached hydrogens (tertiary/aromatic N) is 3. The van der Waals surface area contributed by atoms with E-state index in [4.69, 9.17) is 0 Å². The summed E-state index contributed by atoms with van der Waals surface area (Å²) in [6.45, 7) is 1.71. The summed E-state index contributed by atoms with van der Waals surface area (Å²) < 4.78 is 0. The first-order valence-corrected chi connectivity index (χ1v) is 10.1. The highest BCUT2D eigenvalue weighted by atomic mass is 16.6. The lowest BCUT2D eigenvalue weighted by Crippen LogP contribution is -2.08. The number of nitrogens with one attached hydrogen (secondary N) is 2. The average molecular weight is 421 g/mol. The third-order valence-electron chi connectivity index (χ3n) is 5.26. The van der Waals surface area contributed by atoms with E-state index in [9.17, 15) is 10.1 Å². The number of hydrogen-bond acceptors (Lipinski definition) is 6. The molecule has 32 heavy (non-hydrogen) atoms. The molecular weight excluding hydrogens is 402 g/mol. The quantitative estimate of drug-likeness (QED) is 0.249. The van der Waals surface area contributed by atoms with Crippen molar-refractivity contribution in [2.24, 2.45) is 0 Å². The van der Waals surface area contributed by atoms with Crippen LogP contribution in [0.1, 0.15) is 5.82 Å². The minimum Gasteiger partial charge on any atom is -0.334 e. The van der Waals surface area contributed by atoms with E-state index < -0.39 is 4.92 Å². The Morgan fingerprint density at radius 2 is 1.12 bits per heavy atom. The second-order valence-corrected chi connectivity index (χ2v) is 7.38. The molecule has 0 aliphatic heterocycles. The van der Waals surface area contributed by atoms with E-state index in [1.54, 1.807) is 6.92 Å². The third kappa shape index (κ3) is 3.56. The van der Waals surface area contributed by atoms with Gasteiger partial charge in [0.2, 0.25) is 11.6 Å². The zero-order valence-electron chi connectivity index (χ0n) is 17.2. The normalized spacial score (nSPS) is 10.9. The maximum absolute atomic E-state index is 12.1. The highest BCUT2D eigenvalue weighted by Gasteiger charge is 2.25. The van der Waals surface area contributed by atoms with Crippen molar-refractivity contribution in [2.75, 3.05) is 10.6 Å². The summed E-state index contributed by atoms with van der Waals surface area (Å²) in [7, 11) is 0. The largest absolute Gasteiger partial charge is 0.353 e. The molecule has 1 aromatic heterocycles. The molecule has 7 heteroatoms. The van der Waals surface area contributed by atoms with Crippen LogP contribution in [0.4, 0.5) is 28.7 Å². The van der Waals surface area contributed by atoms with Gasteiger partial charge in [0.1, 0.15) is 5.82 Å². The van der Waals surface area contributed by atoms with E-state index in [1.807, 2.05) is 84.9 Å². The Labute approximate surface area is 183 Å². The van der Waals surface area contributed by atoms with Crippen molar-refractivity contribution in [3.05, 3.63) is 101 Å². The van der Waals surface area contributed by atoms with Gasteiger partial charge in [0.15, 0.2) is 0 Å². The minimum atomic E-state index is -0.458. The molecule has 0 saturated heterocycles. The summed E-state index contributed by atoms with van der Waals surface area (Å²) >= 11 is 0. The Morgan fingerprint density at radius 1 is 0.688 bits per heavy atom. The second-order valence-electron chi connectivity index (χ2n) is 7.38. The summed E-state index contributed by atoms with van der Waals surface area (Å²) in [5.41, 5.74) is 1.26. The van der Waals surface area contributed by atoms with E-state index in [0.29, 0.717) is 5.82 Å². The van der Waals surface area contributed by atoms with Crippen LogP contribution in [0.15, 0.2) is 84.9 Å². The molecule has 2 N–H and O–H groups in total. The van der Waals surface area contributed by atoms with Crippen LogP contribution in [0.3, 0.4) is 0 Å². The first-order chi connectivity index (χ1) is 15.6. The molecule has 156 valence electrons. The fourth-order valence-corrected chi connectivity index (χ4v) is 3.84. The van der Waals surface area contributed by atoms with Crippen molar-refractivity contribution >= 4 is 50.2 Å². The van der Waals surface area contributed by atoms with Crippen molar-refractivity contribution in [3.63, 3.8) is 0 Å². The Kier molecular flexibility index (Phi) is 4.84. The van der Waals surface area contributed by atoms with Crippen molar-refractivity contribution in [1.82, 2.24) is 9.97 Å². The van der Waals surface area contributed by atoms with Crippen LogP contribution in [0.2, 0.25) is 0 Å². The van der Waals surface area contributed by atoms with Gasteiger partial charge in [-0.25, -0.2) is 9.97 Å². The molecule has 4 aromatic carbocycles. The third-order valence-corrected chi connectivity index (χ3v) is 5.26. The van der Waals surface area contributed by atoms with E-state index in [-0.39, 0.29) is 17.3 Å². The fourth-order valence-electron chi connectivity index (χ4n) is 3.84. The molecule has 0 bridgehead atoms. The first-order valence-electron chi connectivity index (χ1n) is 10.1. The molecule has 0 aliphatic rings. The number of aryl methyl sites for hydroxylation is 1. The molecule has 7 nitrogen and oxygen atoms in total. The van der Waals surface area contributed by atoms with Crippen LogP contribution < -0.4 is 10.6 Å². The number of nitro groups is 1. The minimum absolute atomic E-state index is 0.140. The Balaban J connectivity index is 1.62. The number of aromatic nitrogens is 2. The van der Waals surface area contributed by atoms with E-state index in [0.717, 1.165) is 32.9 Å². The van der Waals surface area contributed by atoms with Gasteiger partial charge in [-0.2, -0.15) is 0 Å². The lowest BCUT2D eigenvalue weighted by Gasteiger charge is -2.14. The summed E-state index contributed by atoms with van der Waals surface area (Å²) in [5, 5.41) is 22.4. The van der Waals surface area contributed by atoms with Crippen LogP contribution in [0.5, 0.6) is 0 Å². The van der Waals surface area contributed by atoms with Crippen LogP contribution in [0.25, 0.3) is 21.5 Å². The van der Waals surface area contributed by atoms with Gasteiger partial charge in [0.25, 0.3) is 0 Å². The molecule has 0 saturated carbocycles. The topological polar surface area (TPSA) is 93.0 Å². The van der Waals surface area contributed by atoms with Crippen molar-refractivity contribution in [1.29, 1.82) is 0 Å². The van der Waals surface area contributed by atoms with Crippen LogP contribution in [0, 0.1) is 17.0 Å². The maximum Gasteiger partial charge on any atom is 0.353 e. The Hall–Kier alpha value is -4.52. The smallest absolute Gasteiger partial charge is 0.334 e. The predicted molar refractivity (Wildman–Crippen MR) is 128 cm³/mol.